The zero-order valence-electron chi connectivity index (χ0n) is 16.6. The van der Waals surface area contributed by atoms with Crippen LogP contribution in [-0.4, -0.2) is 24.2 Å². The number of fused-ring (bicyclic) bond motifs is 3. The number of rotatable bonds is 5. The number of anilines is 1. The maximum atomic E-state index is 12.8. The largest absolute Gasteiger partial charge is 0.493 e. The van der Waals surface area contributed by atoms with Gasteiger partial charge in [-0.3, -0.25) is 4.79 Å². The summed E-state index contributed by atoms with van der Waals surface area (Å²) < 4.78 is 10.6. The van der Waals surface area contributed by atoms with Gasteiger partial charge in [-0.25, -0.2) is 4.98 Å². The summed E-state index contributed by atoms with van der Waals surface area (Å²) in [5.74, 6) is 2.63. The van der Waals surface area contributed by atoms with E-state index in [-0.39, 0.29) is 11.6 Å². The van der Waals surface area contributed by atoms with Crippen LogP contribution in [0.2, 0.25) is 0 Å². The fourth-order valence-electron chi connectivity index (χ4n) is 3.81. The van der Waals surface area contributed by atoms with Gasteiger partial charge in [0.2, 0.25) is 0 Å². The molecule has 2 N–H and O–H groups in total. The number of nitrogens with one attached hydrogen (secondary N) is 2. The molecular formula is C21H25N3O3S. The van der Waals surface area contributed by atoms with Crippen LogP contribution >= 0.6 is 11.3 Å². The number of aromatic nitrogens is 2. The van der Waals surface area contributed by atoms with Crippen LogP contribution in [0.5, 0.6) is 11.5 Å². The molecule has 0 bridgehead atoms. The molecule has 0 amide bonds. The molecule has 7 heteroatoms. The molecule has 6 nitrogen and oxygen atoms in total. The Hall–Kier alpha value is -2.54. The minimum Gasteiger partial charge on any atom is -0.493 e. The highest BCUT2D eigenvalue weighted by atomic mass is 32.1. The number of nitrogens with zero attached hydrogens (tertiary/aromatic N) is 1. The molecule has 4 rings (SSSR count). The van der Waals surface area contributed by atoms with E-state index in [1.807, 2.05) is 25.1 Å². The summed E-state index contributed by atoms with van der Waals surface area (Å²) in [6, 6.07) is 5.48. The SMILES string of the molecule is COc1ccc(N[C@H](C)c2nc3sc4c(c3c(=O)[nH]2)CC[C@H](C)C4)cc1OC. The molecule has 2 atom stereocenters. The van der Waals surface area contributed by atoms with Gasteiger partial charge in [0.1, 0.15) is 10.7 Å². The second kappa shape index (κ2) is 7.47. The Balaban J connectivity index is 1.65. The van der Waals surface area contributed by atoms with Crippen molar-refractivity contribution in [2.24, 2.45) is 5.92 Å². The Labute approximate surface area is 167 Å². The number of ether oxygens (including phenoxy) is 2. The number of aromatic amines is 1. The molecular weight excluding hydrogens is 374 g/mol. The molecule has 0 spiro atoms. The first-order chi connectivity index (χ1) is 13.5. The lowest BCUT2D eigenvalue weighted by molar-refractivity contribution is 0.355. The van der Waals surface area contributed by atoms with Crippen LogP contribution in [-0.2, 0) is 12.8 Å². The number of benzene rings is 1. The summed E-state index contributed by atoms with van der Waals surface area (Å²) >= 11 is 1.67. The van der Waals surface area contributed by atoms with Gasteiger partial charge in [-0.05, 0) is 49.8 Å². The van der Waals surface area contributed by atoms with E-state index in [0.29, 0.717) is 23.2 Å². The van der Waals surface area contributed by atoms with E-state index in [2.05, 4.69) is 17.2 Å². The molecule has 148 valence electrons. The first-order valence-corrected chi connectivity index (χ1v) is 10.3. The van der Waals surface area contributed by atoms with Gasteiger partial charge in [-0.1, -0.05) is 6.92 Å². The molecule has 0 saturated carbocycles. The Bertz CT molecular complexity index is 1070. The molecule has 0 unspecified atom stereocenters. The van der Waals surface area contributed by atoms with E-state index < -0.39 is 0 Å². The van der Waals surface area contributed by atoms with Crippen molar-refractivity contribution in [1.29, 1.82) is 0 Å². The molecule has 0 aliphatic heterocycles. The van der Waals surface area contributed by atoms with Gasteiger partial charge in [0.15, 0.2) is 11.5 Å². The van der Waals surface area contributed by atoms with Crippen molar-refractivity contribution in [2.75, 3.05) is 19.5 Å². The fourth-order valence-corrected chi connectivity index (χ4v) is 5.21. The Morgan fingerprint density at radius 3 is 2.82 bits per heavy atom. The number of hydrogen-bond acceptors (Lipinski definition) is 6. The van der Waals surface area contributed by atoms with Crippen molar-refractivity contribution < 1.29 is 9.47 Å². The number of H-pyrrole nitrogens is 1. The zero-order chi connectivity index (χ0) is 19.8. The van der Waals surface area contributed by atoms with E-state index in [0.717, 1.165) is 35.2 Å². The highest BCUT2D eigenvalue weighted by Crippen LogP contribution is 2.36. The Kier molecular flexibility index (Phi) is 5.02. The maximum Gasteiger partial charge on any atom is 0.259 e. The molecule has 1 aliphatic rings. The third-order valence-electron chi connectivity index (χ3n) is 5.36. The van der Waals surface area contributed by atoms with E-state index in [1.165, 1.54) is 10.4 Å². The molecule has 2 aromatic heterocycles. The first-order valence-electron chi connectivity index (χ1n) is 9.53. The first kappa shape index (κ1) is 18.8. The van der Waals surface area contributed by atoms with Gasteiger partial charge >= 0.3 is 0 Å². The minimum absolute atomic E-state index is 0.0342. The van der Waals surface area contributed by atoms with Crippen LogP contribution in [0.1, 0.15) is 42.6 Å². The second-order valence-corrected chi connectivity index (χ2v) is 8.50. The van der Waals surface area contributed by atoms with E-state index in [1.54, 1.807) is 25.6 Å². The van der Waals surface area contributed by atoms with E-state index in [9.17, 15) is 4.79 Å². The molecule has 1 aromatic carbocycles. The molecule has 0 fully saturated rings. The monoisotopic (exact) mass is 399 g/mol. The highest BCUT2D eigenvalue weighted by Gasteiger charge is 2.23. The molecule has 0 saturated heterocycles. The number of methoxy groups -OCH3 is 2. The standard InChI is InChI=1S/C21H25N3O3S/c1-11-5-7-14-17(9-11)28-21-18(14)20(25)23-19(24-21)12(2)22-13-6-8-15(26-3)16(10-13)27-4/h6,8,10-12,22H,5,7,9H2,1-4H3,(H,23,24,25)/t11-,12+/m0/s1. The van der Waals surface area contributed by atoms with Crippen molar-refractivity contribution in [3.8, 4) is 11.5 Å². The van der Waals surface area contributed by atoms with Crippen molar-refractivity contribution in [3.05, 3.63) is 44.8 Å². The lowest BCUT2D eigenvalue weighted by Gasteiger charge is -2.17. The summed E-state index contributed by atoms with van der Waals surface area (Å²) in [5.41, 5.74) is 2.04. The van der Waals surface area contributed by atoms with Gasteiger partial charge < -0.3 is 19.8 Å². The predicted molar refractivity (Wildman–Crippen MR) is 113 cm³/mol. The van der Waals surface area contributed by atoms with Crippen molar-refractivity contribution in [1.82, 2.24) is 9.97 Å². The average Bonchev–Trinajstić information content (AvgIpc) is 3.05. The average molecular weight is 400 g/mol. The maximum absolute atomic E-state index is 12.8. The van der Waals surface area contributed by atoms with Crippen LogP contribution in [0.3, 0.4) is 0 Å². The summed E-state index contributed by atoms with van der Waals surface area (Å²) in [6.45, 7) is 4.25. The molecule has 1 aliphatic carbocycles. The highest BCUT2D eigenvalue weighted by molar-refractivity contribution is 7.18. The van der Waals surface area contributed by atoms with Gasteiger partial charge in [0, 0.05) is 16.6 Å². The van der Waals surface area contributed by atoms with Gasteiger partial charge in [0.25, 0.3) is 5.56 Å². The summed E-state index contributed by atoms with van der Waals surface area (Å²) in [4.78, 5) is 22.7. The number of thiophene rings is 1. The van der Waals surface area contributed by atoms with Crippen LogP contribution in [0.4, 0.5) is 5.69 Å². The lowest BCUT2D eigenvalue weighted by Crippen LogP contribution is -2.18. The minimum atomic E-state index is -0.159. The van der Waals surface area contributed by atoms with Crippen LogP contribution in [0.15, 0.2) is 23.0 Å². The lowest BCUT2D eigenvalue weighted by atomic mass is 9.89. The molecule has 0 radical (unpaired) electrons. The quantitative estimate of drug-likeness (QED) is 0.669. The van der Waals surface area contributed by atoms with Crippen molar-refractivity contribution in [2.45, 2.75) is 39.2 Å². The van der Waals surface area contributed by atoms with Gasteiger partial charge in [-0.2, -0.15) is 0 Å². The normalized spacial score (nSPS) is 17.2. The Morgan fingerprint density at radius 1 is 1.29 bits per heavy atom. The third-order valence-corrected chi connectivity index (χ3v) is 6.51. The smallest absolute Gasteiger partial charge is 0.259 e. The van der Waals surface area contributed by atoms with Gasteiger partial charge in [-0.15, -0.1) is 11.3 Å². The zero-order valence-corrected chi connectivity index (χ0v) is 17.4. The second-order valence-electron chi connectivity index (χ2n) is 7.42. The van der Waals surface area contributed by atoms with Crippen molar-refractivity contribution in [3.63, 3.8) is 0 Å². The van der Waals surface area contributed by atoms with E-state index >= 15 is 0 Å². The van der Waals surface area contributed by atoms with Crippen LogP contribution in [0.25, 0.3) is 10.2 Å². The topological polar surface area (TPSA) is 76.2 Å². The summed E-state index contributed by atoms with van der Waals surface area (Å²) in [7, 11) is 3.22. The Morgan fingerprint density at radius 2 is 2.07 bits per heavy atom. The molecule has 3 aromatic rings. The number of aryl methyl sites for hydroxylation is 1. The summed E-state index contributed by atoms with van der Waals surface area (Å²) in [6.07, 6.45) is 3.15. The predicted octanol–water partition coefficient (Wildman–Crippen LogP) is 4.30. The van der Waals surface area contributed by atoms with Crippen LogP contribution < -0.4 is 20.3 Å². The summed E-state index contributed by atoms with van der Waals surface area (Å²) in [5, 5.41) is 4.17. The number of hydrogen-bond donors (Lipinski definition) is 2. The fraction of sp³-hybridized carbons (Fsp3) is 0.429. The van der Waals surface area contributed by atoms with Crippen molar-refractivity contribution >= 4 is 27.2 Å². The van der Waals surface area contributed by atoms with Crippen LogP contribution in [0, 0.1) is 5.92 Å². The van der Waals surface area contributed by atoms with Gasteiger partial charge in [0.05, 0.1) is 25.6 Å². The third kappa shape index (κ3) is 3.35. The van der Waals surface area contributed by atoms with E-state index in [4.69, 9.17) is 14.5 Å². The molecule has 2 heterocycles. The molecule has 28 heavy (non-hydrogen) atoms.